The molecule has 0 unspecified atom stereocenters. The molecule has 15 heavy (non-hydrogen) atoms. The lowest BCUT2D eigenvalue weighted by atomic mass is 10.5. The third-order valence-electron chi connectivity index (χ3n) is 1.48. The first kappa shape index (κ1) is 15.1. The summed E-state index contributed by atoms with van der Waals surface area (Å²) in [6.45, 7) is 2.32. The highest BCUT2D eigenvalue weighted by Gasteiger charge is 2.03. The number of rotatable bonds is 10. The van der Waals surface area contributed by atoms with Crippen LogP contribution in [0.1, 0.15) is 6.42 Å². The van der Waals surface area contributed by atoms with Crippen LogP contribution in [0.5, 0.6) is 0 Å². The first-order valence-electron chi connectivity index (χ1n) is 4.63. The predicted molar refractivity (Wildman–Crippen MR) is 57.8 cm³/mol. The van der Waals surface area contributed by atoms with Crippen LogP contribution in [0.2, 0.25) is 0 Å². The Hall–Kier alpha value is 0.120. The van der Waals surface area contributed by atoms with Crippen LogP contribution >= 0.6 is 10.7 Å². The van der Waals surface area contributed by atoms with Crippen molar-refractivity contribution in [3.05, 3.63) is 0 Å². The topological polar surface area (TPSA) is 61.8 Å². The van der Waals surface area contributed by atoms with Gasteiger partial charge >= 0.3 is 0 Å². The van der Waals surface area contributed by atoms with Crippen molar-refractivity contribution in [2.45, 2.75) is 6.42 Å². The van der Waals surface area contributed by atoms with Gasteiger partial charge in [-0.05, 0) is 6.42 Å². The first-order valence-corrected chi connectivity index (χ1v) is 7.11. The molecule has 0 atom stereocenters. The second-order valence-corrected chi connectivity index (χ2v) is 5.71. The molecule has 0 aliphatic heterocycles. The summed E-state index contributed by atoms with van der Waals surface area (Å²) >= 11 is 0. The normalized spacial score (nSPS) is 11.9. The maximum absolute atomic E-state index is 10.5. The summed E-state index contributed by atoms with van der Waals surface area (Å²) in [6.07, 6.45) is 0.728. The molecule has 0 amide bonds. The van der Waals surface area contributed by atoms with Crippen LogP contribution in [-0.2, 0) is 23.3 Å². The van der Waals surface area contributed by atoms with Crippen LogP contribution in [0.4, 0.5) is 0 Å². The molecule has 0 aromatic heterocycles. The Kier molecular flexibility index (Phi) is 9.43. The van der Waals surface area contributed by atoms with E-state index in [1.807, 2.05) is 0 Å². The largest absolute Gasteiger partial charge is 0.382 e. The highest BCUT2D eigenvalue weighted by atomic mass is 35.7. The second-order valence-electron chi connectivity index (χ2n) is 2.81. The summed E-state index contributed by atoms with van der Waals surface area (Å²) in [5.41, 5.74) is 0. The lowest BCUT2D eigenvalue weighted by Gasteiger charge is -2.04. The molecule has 0 fully saturated rings. The van der Waals surface area contributed by atoms with Crippen molar-refractivity contribution in [2.75, 3.05) is 45.9 Å². The minimum atomic E-state index is -3.43. The van der Waals surface area contributed by atoms with Gasteiger partial charge in [-0.2, -0.15) is 0 Å². The zero-order valence-electron chi connectivity index (χ0n) is 8.78. The molecule has 0 radical (unpaired) electrons. The zero-order valence-corrected chi connectivity index (χ0v) is 10.3. The van der Waals surface area contributed by atoms with Crippen LogP contribution in [0.15, 0.2) is 0 Å². The Morgan fingerprint density at radius 1 is 1.00 bits per heavy atom. The quantitative estimate of drug-likeness (QED) is 0.426. The van der Waals surface area contributed by atoms with Gasteiger partial charge in [0.15, 0.2) is 0 Å². The third-order valence-corrected chi connectivity index (χ3v) is 2.60. The second kappa shape index (κ2) is 9.35. The standard InChI is InChI=1S/C8H17ClO5S/c1-12-5-6-13-3-2-4-14-7-8-15(9,10)11/h2-8H2,1H3. The van der Waals surface area contributed by atoms with Crippen molar-refractivity contribution in [3.63, 3.8) is 0 Å². The number of ether oxygens (including phenoxy) is 3. The fourth-order valence-corrected chi connectivity index (χ4v) is 1.27. The van der Waals surface area contributed by atoms with E-state index in [2.05, 4.69) is 0 Å². The lowest BCUT2D eigenvalue weighted by Crippen LogP contribution is -2.09. The van der Waals surface area contributed by atoms with E-state index in [0.717, 1.165) is 6.42 Å². The Balaban J connectivity index is 3.06. The number of halogens is 1. The van der Waals surface area contributed by atoms with Gasteiger partial charge in [-0.25, -0.2) is 8.42 Å². The van der Waals surface area contributed by atoms with Gasteiger partial charge in [-0.3, -0.25) is 0 Å². The molecule has 0 aliphatic rings. The summed E-state index contributed by atoms with van der Waals surface area (Å²) in [6, 6.07) is 0. The van der Waals surface area contributed by atoms with Gasteiger partial charge in [0.2, 0.25) is 9.05 Å². The molecule has 0 N–H and O–H groups in total. The van der Waals surface area contributed by atoms with E-state index in [1.165, 1.54) is 0 Å². The summed E-state index contributed by atoms with van der Waals surface area (Å²) in [7, 11) is 3.16. The van der Waals surface area contributed by atoms with Crippen molar-refractivity contribution in [2.24, 2.45) is 0 Å². The average molecular weight is 261 g/mol. The monoisotopic (exact) mass is 260 g/mol. The Bertz CT molecular complexity index is 229. The fraction of sp³-hybridized carbons (Fsp3) is 1.00. The van der Waals surface area contributed by atoms with E-state index in [9.17, 15) is 8.42 Å². The van der Waals surface area contributed by atoms with Gasteiger partial charge in [0.1, 0.15) is 0 Å². The molecule has 0 rings (SSSR count). The summed E-state index contributed by atoms with van der Waals surface area (Å²) in [4.78, 5) is 0. The van der Waals surface area contributed by atoms with Crippen LogP contribution in [0.25, 0.3) is 0 Å². The molecule has 0 aliphatic carbocycles. The maximum atomic E-state index is 10.5. The molecule has 7 heteroatoms. The Morgan fingerprint density at radius 3 is 2.13 bits per heavy atom. The van der Waals surface area contributed by atoms with E-state index in [-0.39, 0.29) is 12.4 Å². The van der Waals surface area contributed by atoms with E-state index >= 15 is 0 Å². The third kappa shape index (κ3) is 14.1. The molecule has 92 valence electrons. The van der Waals surface area contributed by atoms with Crippen LogP contribution in [-0.4, -0.2) is 54.3 Å². The van der Waals surface area contributed by atoms with Gasteiger partial charge in [-0.1, -0.05) is 0 Å². The predicted octanol–water partition coefficient (Wildman–Crippen LogP) is 0.625. The smallest absolute Gasteiger partial charge is 0.234 e. The van der Waals surface area contributed by atoms with Crippen molar-refractivity contribution in [3.8, 4) is 0 Å². The van der Waals surface area contributed by atoms with E-state index < -0.39 is 9.05 Å². The van der Waals surface area contributed by atoms with Gasteiger partial charge in [-0.15, -0.1) is 0 Å². The summed E-state index contributed by atoms with van der Waals surface area (Å²) in [5, 5.41) is 0. The molecule has 0 bridgehead atoms. The fourth-order valence-electron chi connectivity index (χ4n) is 0.768. The summed E-state index contributed by atoms with van der Waals surface area (Å²) < 4.78 is 36.0. The molecular formula is C8H17ClO5S. The van der Waals surface area contributed by atoms with Crippen molar-refractivity contribution in [1.82, 2.24) is 0 Å². The van der Waals surface area contributed by atoms with E-state index in [0.29, 0.717) is 26.4 Å². The van der Waals surface area contributed by atoms with E-state index in [4.69, 9.17) is 24.9 Å². The molecule has 0 saturated heterocycles. The number of hydrogen-bond donors (Lipinski definition) is 0. The minimum absolute atomic E-state index is 0.129. The molecule has 0 saturated carbocycles. The Morgan fingerprint density at radius 2 is 1.60 bits per heavy atom. The van der Waals surface area contributed by atoms with Gasteiger partial charge in [0.05, 0.1) is 25.6 Å². The van der Waals surface area contributed by atoms with E-state index in [1.54, 1.807) is 7.11 Å². The first-order chi connectivity index (χ1) is 7.06. The SMILES string of the molecule is COCCOCCCOCCS(=O)(=O)Cl. The Labute approximate surface area is 95.1 Å². The molecule has 0 heterocycles. The van der Waals surface area contributed by atoms with Gasteiger partial charge < -0.3 is 14.2 Å². The maximum Gasteiger partial charge on any atom is 0.234 e. The average Bonchev–Trinajstić information content (AvgIpc) is 2.14. The molecular weight excluding hydrogens is 244 g/mol. The van der Waals surface area contributed by atoms with Crippen LogP contribution in [0.3, 0.4) is 0 Å². The molecule has 0 aromatic carbocycles. The lowest BCUT2D eigenvalue weighted by molar-refractivity contribution is 0.0536. The highest BCUT2D eigenvalue weighted by Crippen LogP contribution is 1.95. The van der Waals surface area contributed by atoms with Gasteiger partial charge in [0, 0.05) is 31.0 Å². The molecule has 5 nitrogen and oxygen atoms in total. The van der Waals surface area contributed by atoms with Crippen molar-refractivity contribution >= 4 is 19.7 Å². The summed E-state index contributed by atoms with van der Waals surface area (Å²) in [5.74, 6) is -0.154. The van der Waals surface area contributed by atoms with Gasteiger partial charge in [0.25, 0.3) is 0 Å². The van der Waals surface area contributed by atoms with Crippen LogP contribution < -0.4 is 0 Å². The zero-order chi connectivity index (χ0) is 11.6. The molecule has 0 spiro atoms. The highest BCUT2D eigenvalue weighted by molar-refractivity contribution is 8.13. The van der Waals surface area contributed by atoms with Crippen molar-refractivity contribution in [1.29, 1.82) is 0 Å². The molecule has 0 aromatic rings. The van der Waals surface area contributed by atoms with Crippen LogP contribution in [0, 0.1) is 0 Å². The minimum Gasteiger partial charge on any atom is -0.382 e. The number of methoxy groups -OCH3 is 1. The number of hydrogen-bond acceptors (Lipinski definition) is 5. The van der Waals surface area contributed by atoms with Crippen molar-refractivity contribution < 1.29 is 22.6 Å².